The van der Waals surface area contributed by atoms with E-state index in [1.165, 1.54) is 37.6 Å². The molecule has 0 spiro atoms. The quantitative estimate of drug-likeness (QED) is 0.551. The molecule has 0 saturated heterocycles. The number of rotatable bonds is 7. The van der Waals surface area contributed by atoms with Crippen molar-refractivity contribution in [2.24, 2.45) is 0 Å². The topological polar surface area (TPSA) is 107 Å². The van der Waals surface area contributed by atoms with Gasteiger partial charge in [-0.3, -0.25) is 9.63 Å². The van der Waals surface area contributed by atoms with E-state index in [2.05, 4.69) is 15.1 Å². The molecule has 0 atom stereocenters. The number of carbonyl (C=O) groups excluding carboxylic acids is 1. The van der Waals surface area contributed by atoms with E-state index < -0.39 is 15.9 Å². The average molecular weight is 434 g/mol. The third-order valence-corrected chi connectivity index (χ3v) is 5.18. The molecule has 2 aromatic carbocycles. The van der Waals surface area contributed by atoms with E-state index in [1.807, 2.05) is 4.89 Å². The highest BCUT2D eigenvalue weighted by molar-refractivity contribution is 7.89. The Hall–Kier alpha value is -2.98. The average Bonchev–Trinajstić information content (AvgIpc) is 2.71. The Morgan fingerprint density at radius 2 is 1.69 bits per heavy atom. The minimum atomic E-state index is -3.78. The van der Waals surface area contributed by atoms with Gasteiger partial charge in [-0.2, -0.15) is 0 Å². The van der Waals surface area contributed by atoms with Gasteiger partial charge in [-0.15, -0.1) is 0 Å². The minimum absolute atomic E-state index is 0.0266. The van der Waals surface area contributed by atoms with Crippen LogP contribution in [-0.2, 0) is 14.9 Å². The number of anilines is 1. The number of aromatic nitrogens is 1. The van der Waals surface area contributed by atoms with Crippen molar-refractivity contribution in [3.05, 3.63) is 77.4 Å². The van der Waals surface area contributed by atoms with Crippen LogP contribution in [0.1, 0.15) is 10.4 Å². The summed E-state index contributed by atoms with van der Waals surface area (Å²) in [5.41, 5.74) is 0.735. The van der Waals surface area contributed by atoms with Crippen LogP contribution in [-0.4, -0.2) is 26.4 Å². The zero-order chi connectivity index (χ0) is 20.9. The van der Waals surface area contributed by atoms with E-state index in [0.717, 1.165) is 0 Å². The summed E-state index contributed by atoms with van der Waals surface area (Å²) in [7, 11) is -2.59. The molecule has 0 aliphatic heterocycles. The summed E-state index contributed by atoms with van der Waals surface area (Å²) < 4.78 is 29.2. The summed E-state index contributed by atoms with van der Waals surface area (Å²) in [6.45, 7) is 0. The predicted octanol–water partition coefficient (Wildman–Crippen LogP) is 3.62. The molecule has 0 aliphatic carbocycles. The molecule has 1 heterocycles. The van der Waals surface area contributed by atoms with Crippen molar-refractivity contribution in [1.82, 2.24) is 9.87 Å². The van der Waals surface area contributed by atoms with E-state index in [9.17, 15) is 13.2 Å². The van der Waals surface area contributed by atoms with Crippen molar-refractivity contribution < 1.29 is 22.8 Å². The molecule has 0 unspecified atom stereocenters. The lowest BCUT2D eigenvalue weighted by atomic mass is 10.2. The fourth-order valence-corrected chi connectivity index (χ4v) is 3.22. The van der Waals surface area contributed by atoms with Gasteiger partial charge in [0.1, 0.15) is 5.75 Å². The van der Waals surface area contributed by atoms with Crippen molar-refractivity contribution in [3.8, 4) is 11.6 Å². The van der Waals surface area contributed by atoms with Crippen LogP contribution in [0.3, 0.4) is 0 Å². The Morgan fingerprint density at radius 1 is 1.00 bits per heavy atom. The molecule has 0 saturated carbocycles. The van der Waals surface area contributed by atoms with Gasteiger partial charge < -0.3 is 10.1 Å². The number of hydrogen-bond donors (Lipinski definition) is 2. The molecule has 0 aliphatic rings. The first-order valence-corrected chi connectivity index (χ1v) is 10.1. The summed E-state index contributed by atoms with van der Waals surface area (Å²) in [6.07, 6.45) is 1.45. The zero-order valence-electron chi connectivity index (χ0n) is 15.1. The summed E-state index contributed by atoms with van der Waals surface area (Å²) in [6, 6.07) is 15.5. The molecule has 0 bridgehead atoms. The molecular formula is C19H16ClN3O5S. The number of halogens is 1. The second kappa shape index (κ2) is 9.01. The fourth-order valence-electron chi connectivity index (χ4n) is 2.28. The summed E-state index contributed by atoms with van der Waals surface area (Å²) >= 11 is 5.83. The van der Waals surface area contributed by atoms with Gasteiger partial charge in [0.25, 0.3) is 15.9 Å². The number of benzene rings is 2. The largest absolute Gasteiger partial charge is 0.439 e. The molecular weight excluding hydrogens is 418 g/mol. The van der Waals surface area contributed by atoms with Crippen LogP contribution in [0.25, 0.3) is 0 Å². The summed E-state index contributed by atoms with van der Waals surface area (Å²) in [5, 5.41) is 3.28. The number of hydrogen-bond acceptors (Lipinski definition) is 6. The van der Waals surface area contributed by atoms with Crippen LogP contribution in [0.5, 0.6) is 11.6 Å². The Morgan fingerprint density at radius 3 is 2.28 bits per heavy atom. The Labute approximate surface area is 172 Å². The maximum Gasteiger partial charge on any atom is 0.262 e. The van der Waals surface area contributed by atoms with Crippen LogP contribution >= 0.6 is 11.6 Å². The van der Waals surface area contributed by atoms with Crippen molar-refractivity contribution in [2.45, 2.75) is 4.90 Å². The number of nitrogens with one attached hydrogen (secondary N) is 2. The standard InChI is InChI=1S/C19H16ClN3O5S/c1-27-23-29(25,26)17-9-2-13(3-10-17)19(24)22-15-6-11-18(21-12-15)28-16-7-4-14(20)5-8-16/h2-12,23H,1H3,(H,22,24). The van der Waals surface area contributed by atoms with Crippen LogP contribution in [0.15, 0.2) is 71.8 Å². The maximum atomic E-state index is 12.3. The van der Waals surface area contributed by atoms with Crippen LogP contribution in [0, 0.1) is 0 Å². The van der Waals surface area contributed by atoms with Gasteiger partial charge in [-0.05, 0) is 54.6 Å². The first-order chi connectivity index (χ1) is 13.9. The minimum Gasteiger partial charge on any atom is -0.439 e. The van der Waals surface area contributed by atoms with E-state index in [4.69, 9.17) is 16.3 Å². The molecule has 8 nitrogen and oxygen atoms in total. The second-order valence-electron chi connectivity index (χ2n) is 5.71. The van der Waals surface area contributed by atoms with Gasteiger partial charge in [0.2, 0.25) is 5.88 Å². The van der Waals surface area contributed by atoms with Crippen LogP contribution in [0.2, 0.25) is 5.02 Å². The highest BCUT2D eigenvalue weighted by Crippen LogP contribution is 2.22. The molecule has 150 valence electrons. The highest BCUT2D eigenvalue weighted by Gasteiger charge is 2.14. The SMILES string of the molecule is CONS(=O)(=O)c1ccc(C(=O)Nc2ccc(Oc3ccc(Cl)cc3)nc2)cc1. The first-order valence-electron chi connectivity index (χ1n) is 8.23. The molecule has 3 rings (SSSR count). The predicted molar refractivity (Wildman–Crippen MR) is 107 cm³/mol. The lowest BCUT2D eigenvalue weighted by molar-refractivity contribution is 0.102. The summed E-state index contributed by atoms with van der Waals surface area (Å²) in [4.78, 5) is 22.8. The first kappa shape index (κ1) is 20.7. The lowest BCUT2D eigenvalue weighted by Gasteiger charge is -2.08. The lowest BCUT2D eigenvalue weighted by Crippen LogP contribution is -2.22. The van der Waals surface area contributed by atoms with Crippen molar-refractivity contribution in [1.29, 1.82) is 0 Å². The van der Waals surface area contributed by atoms with Gasteiger partial charge in [0.05, 0.1) is 23.9 Å². The van der Waals surface area contributed by atoms with Crippen molar-refractivity contribution >= 4 is 33.2 Å². The van der Waals surface area contributed by atoms with E-state index in [-0.39, 0.29) is 10.5 Å². The molecule has 10 heteroatoms. The number of pyridine rings is 1. The van der Waals surface area contributed by atoms with Crippen LogP contribution < -0.4 is 14.9 Å². The Balaban J connectivity index is 1.64. The van der Waals surface area contributed by atoms with Gasteiger partial charge >= 0.3 is 0 Å². The monoisotopic (exact) mass is 433 g/mol. The number of ether oxygens (including phenoxy) is 1. The number of sulfonamides is 1. The van der Waals surface area contributed by atoms with Gasteiger partial charge in [0, 0.05) is 16.7 Å². The molecule has 0 radical (unpaired) electrons. The van der Waals surface area contributed by atoms with Crippen molar-refractivity contribution in [3.63, 3.8) is 0 Å². The maximum absolute atomic E-state index is 12.3. The normalized spacial score (nSPS) is 11.1. The van der Waals surface area contributed by atoms with Crippen molar-refractivity contribution in [2.75, 3.05) is 12.4 Å². The molecule has 1 aromatic heterocycles. The molecule has 0 fully saturated rings. The number of nitrogens with zero attached hydrogens (tertiary/aromatic N) is 1. The number of amides is 1. The van der Waals surface area contributed by atoms with E-state index in [0.29, 0.717) is 22.3 Å². The smallest absolute Gasteiger partial charge is 0.262 e. The third kappa shape index (κ3) is 5.52. The van der Waals surface area contributed by atoms with E-state index in [1.54, 1.807) is 36.4 Å². The molecule has 2 N–H and O–H groups in total. The zero-order valence-corrected chi connectivity index (χ0v) is 16.7. The highest BCUT2D eigenvalue weighted by atomic mass is 35.5. The Kier molecular flexibility index (Phi) is 6.45. The van der Waals surface area contributed by atoms with Gasteiger partial charge in [0.15, 0.2) is 0 Å². The molecule has 1 amide bonds. The van der Waals surface area contributed by atoms with Crippen LogP contribution in [0.4, 0.5) is 5.69 Å². The number of carbonyl (C=O) groups is 1. The molecule has 3 aromatic rings. The fraction of sp³-hybridized carbons (Fsp3) is 0.0526. The summed E-state index contributed by atoms with van der Waals surface area (Å²) in [5.74, 6) is 0.518. The van der Waals surface area contributed by atoms with E-state index >= 15 is 0 Å². The van der Waals surface area contributed by atoms with Gasteiger partial charge in [-0.1, -0.05) is 16.5 Å². The molecule has 29 heavy (non-hydrogen) atoms. The second-order valence-corrected chi connectivity index (χ2v) is 7.79. The van der Waals surface area contributed by atoms with Gasteiger partial charge in [-0.25, -0.2) is 13.4 Å². The Bertz CT molecular complexity index is 1090. The third-order valence-electron chi connectivity index (χ3n) is 3.65.